The largest absolute Gasteiger partial charge is 0.497 e. The molecule has 1 aliphatic heterocycles. The Morgan fingerprint density at radius 2 is 1.94 bits per heavy atom. The van der Waals surface area contributed by atoms with E-state index in [0.29, 0.717) is 11.3 Å². The molecule has 3 nitrogen and oxygen atoms in total. The fraction of sp³-hybridized carbons (Fsp3) is 0.0714. The molecule has 0 unspecified atom stereocenters. The summed E-state index contributed by atoms with van der Waals surface area (Å²) >= 11 is 0. The predicted molar refractivity (Wildman–Crippen MR) is 67.7 cm³/mol. The molecule has 0 spiro atoms. The summed E-state index contributed by atoms with van der Waals surface area (Å²) in [4.78, 5) is 15.1. The van der Waals surface area contributed by atoms with E-state index >= 15 is 0 Å². The summed E-state index contributed by atoms with van der Waals surface area (Å²) in [6.45, 7) is 0. The monoisotopic (exact) mass is 225 g/mol. The van der Waals surface area contributed by atoms with Crippen molar-refractivity contribution in [2.24, 2.45) is 0 Å². The first-order valence-corrected chi connectivity index (χ1v) is 5.38. The topological polar surface area (TPSA) is 42.1 Å². The lowest BCUT2D eigenvalue weighted by Gasteiger charge is -2.09. The van der Waals surface area contributed by atoms with Crippen molar-refractivity contribution in [1.29, 1.82) is 0 Å². The minimum Gasteiger partial charge on any atom is -0.497 e. The highest BCUT2D eigenvalue weighted by molar-refractivity contribution is 5.85. The van der Waals surface area contributed by atoms with Crippen molar-refractivity contribution in [3.63, 3.8) is 0 Å². The van der Waals surface area contributed by atoms with E-state index in [1.807, 2.05) is 36.4 Å². The van der Waals surface area contributed by atoms with Gasteiger partial charge in [-0.05, 0) is 17.5 Å². The Bertz CT molecular complexity index is 715. The number of ether oxygens (including phenoxy) is 1. The van der Waals surface area contributed by atoms with Gasteiger partial charge in [0.1, 0.15) is 5.75 Å². The van der Waals surface area contributed by atoms with Gasteiger partial charge in [0, 0.05) is 23.2 Å². The molecule has 84 valence electrons. The van der Waals surface area contributed by atoms with Gasteiger partial charge >= 0.3 is 0 Å². The van der Waals surface area contributed by atoms with Gasteiger partial charge in [0.15, 0.2) is 5.43 Å². The van der Waals surface area contributed by atoms with Crippen LogP contribution in [-0.2, 0) is 0 Å². The lowest BCUT2D eigenvalue weighted by atomic mass is 10.1. The van der Waals surface area contributed by atoms with Gasteiger partial charge in [0.25, 0.3) is 0 Å². The molecule has 0 bridgehead atoms. The van der Waals surface area contributed by atoms with Gasteiger partial charge in [0.2, 0.25) is 0 Å². The molecular weight excluding hydrogens is 214 g/mol. The van der Waals surface area contributed by atoms with E-state index in [9.17, 15) is 4.79 Å². The fourth-order valence-electron chi connectivity index (χ4n) is 2.01. The van der Waals surface area contributed by atoms with E-state index in [1.165, 1.54) is 6.07 Å². The number of aromatic amines is 1. The number of pyridine rings is 1. The van der Waals surface area contributed by atoms with Crippen molar-refractivity contribution in [3.8, 4) is 17.0 Å². The second-order valence-corrected chi connectivity index (χ2v) is 3.94. The number of para-hydroxylation sites is 1. The van der Waals surface area contributed by atoms with Crippen LogP contribution in [0, 0.1) is 0 Å². The van der Waals surface area contributed by atoms with Crippen molar-refractivity contribution < 1.29 is 4.74 Å². The first-order chi connectivity index (χ1) is 8.28. The lowest BCUT2D eigenvalue weighted by molar-refractivity contribution is 0.414. The molecule has 1 aromatic rings. The van der Waals surface area contributed by atoms with Crippen LogP contribution in [-0.4, -0.2) is 12.1 Å². The van der Waals surface area contributed by atoms with Gasteiger partial charge in [-0.3, -0.25) is 4.79 Å². The number of H-pyrrole nitrogens is 1. The number of rotatable bonds is 1. The number of hydrogen-bond acceptors (Lipinski definition) is 2. The van der Waals surface area contributed by atoms with E-state index in [2.05, 4.69) is 4.98 Å². The van der Waals surface area contributed by atoms with E-state index < -0.39 is 0 Å². The first kappa shape index (κ1) is 9.90. The summed E-state index contributed by atoms with van der Waals surface area (Å²) in [5, 5.41) is 1.03. The molecule has 1 aliphatic carbocycles. The maximum Gasteiger partial charge on any atom is 0.191 e. The van der Waals surface area contributed by atoms with Crippen molar-refractivity contribution in [2.45, 2.75) is 0 Å². The number of benzene rings is 2. The summed E-state index contributed by atoms with van der Waals surface area (Å²) in [5.41, 5.74) is 2.46. The van der Waals surface area contributed by atoms with E-state index in [1.54, 1.807) is 7.11 Å². The van der Waals surface area contributed by atoms with Crippen molar-refractivity contribution in [2.75, 3.05) is 7.11 Å². The number of aromatic nitrogens is 1. The molecule has 0 amide bonds. The smallest absolute Gasteiger partial charge is 0.191 e. The third kappa shape index (κ3) is 1.56. The van der Waals surface area contributed by atoms with Crippen LogP contribution in [0.4, 0.5) is 0 Å². The first-order valence-electron chi connectivity index (χ1n) is 5.38. The minimum absolute atomic E-state index is 0.0265. The Labute approximate surface area is 98.0 Å². The van der Waals surface area contributed by atoms with Gasteiger partial charge in [-0.2, -0.15) is 0 Å². The highest BCUT2D eigenvalue weighted by Gasteiger charge is 2.09. The maximum atomic E-state index is 11.9. The van der Waals surface area contributed by atoms with Crippen LogP contribution in [0.15, 0.2) is 47.3 Å². The Balaban J connectivity index is 2.44. The van der Waals surface area contributed by atoms with E-state index in [-0.39, 0.29) is 5.43 Å². The summed E-state index contributed by atoms with van der Waals surface area (Å²) in [7, 11) is 1.56. The van der Waals surface area contributed by atoms with Crippen LogP contribution in [0.5, 0.6) is 5.75 Å². The quantitative estimate of drug-likeness (QED) is 0.647. The third-order valence-electron chi connectivity index (χ3n) is 2.88. The standard InChI is InChI=1S/C14H11NO2/c1-17-10-7-13-11(14(16)8-10)6-9-4-2-3-5-12(9)15-13/h2-8,15H,1H3. The third-order valence-corrected chi connectivity index (χ3v) is 2.88. The summed E-state index contributed by atoms with van der Waals surface area (Å²) in [5.74, 6) is 0.578. The number of fused-ring (bicyclic) bond motifs is 2. The lowest BCUT2D eigenvalue weighted by Crippen LogP contribution is -2.06. The molecule has 3 rings (SSSR count). The molecule has 0 atom stereocenters. The van der Waals surface area contributed by atoms with E-state index in [4.69, 9.17) is 4.74 Å². The maximum absolute atomic E-state index is 11.9. The molecule has 1 N–H and O–H groups in total. The highest BCUT2D eigenvalue weighted by Crippen LogP contribution is 2.24. The SMILES string of the molecule is COc1cc2[nH]c3ccccc3cc-2c(=O)c1. The molecule has 17 heavy (non-hydrogen) atoms. The summed E-state index contributed by atoms with van der Waals surface area (Å²) < 4.78 is 5.10. The molecule has 0 aromatic heterocycles. The van der Waals surface area contributed by atoms with Gasteiger partial charge < -0.3 is 9.72 Å². The van der Waals surface area contributed by atoms with Crippen LogP contribution in [0.3, 0.4) is 0 Å². The van der Waals surface area contributed by atoms with Crippen LogP contribution in [0.1, 0.15) is 0 Å². The van der Waals surface area contributed by atoms with Crippen molar-refractivity contribution >= 4 is 10.9 Å². The van der Waals surface area contributed by atoms with Crippen LogP contribution in [0.2, 0.25) is 0 Å². The van der Waals surface area contributed by atoms with E-state index in [0.717, 1.165) is 16.6 Å². The number of nitrogens with one attached hydrogen (secondary N) is 1. The Hall–Kier alpha value is -2.29. The molecule has 0 fully saturated rings. The zero-order chi connectivity index (χ0) is 11.8. The highest BCUT2D eigenvalue weighted by atomic mass is 16.5. The predicted octanol–water partition coefficient (Wildman–Crippen LogP) is 2.64. The van der Waals surface area contributed by atoms with Crippen molar-refractivity contribution in [1.82, 2.24) is 4.98 Å². The molecule has 0 radical (unpaired) electrons. The summed E-state index contributed by atoms with van der Waals surface area (Å²) in [6, 6.07) is 13.1. The second-order valence-electron chi connectivity index (χ2n) is 3.94. The van der Waals surface area contributed by atoms with Crippen LogP contribution >= 0.6 is 0 Å². The normalized spacial score (nSPS) is 10.9. The molecule has 1 heterocycles. The second kappa shape index (κ2) is 3.63. The summed E-state index contributed by atoms with van der Waals surface area (Å²) in [6.07, 6.45) is 0. The average molecular weight is 225 g/mol. The number of methoxy groups -OCH3 is 1. The molecular formula is C14H11NO2. The van der Waals surface area contributed by atoms with Crippen molar-refractivity contribution in [3.05, 3.63) is 52.7 Å². The van der Waals surface area contributed by atoms with Gasteiger partial charge in [-0.1, -0.05) is 18.2 Å². The van der Waals surface area contributed by atoms with Gasteiger partial charge in [0.05, 0.1) is 12.8 Å². The zero-order valence-corrected chi connectivity index (χ0v) is 9.36. The zero-order valence-electron chi connectivity index (χ0n) is 9.36. The molecule has 2 aliphatic rings. The molecule has 3 heteroatoms. The van der Waals surface area contributed by atoms with Gasteiger partial charge in [-0.25, -0.2) is 0 Å². The average Bonchev–Trinajstić information content (AvgIpc) is 2.36. The molecule has 0 saturated heterocycles. The molecule has 1 aromatic carbocycles. The molecule has 0 saturated carbocycles. The Kier molecular flexibility index (Phi) is 2.11. The minimum atomic E-state index is -0.0265. The fourth-order valence-corrected chi connectivity index (χ4v) is 2.01. The van der Waals surface area contributed by atoms with Crippen LogP contribution < -0.4 is 10.2 Å². The number of hydrogen-bond donors (Lipinski definition) is 1. The van der Waals surface area contributed by atoms with Gasteiger partial charge in [-0.15, -0.1) is 0 Å². The van der Waals surface area contributed by atoms with Crippen LogP contribution in [0.25, 0.3) is 22.2 Å². The Morgan fingerprint density at radius 3 is 2.76 bits per heavy atom. The Morgan fingerprint density at radius 1 is 1.12 bits per heavy atom.